The molecule has 2 aromatic heterocycles. The predicted molar refractivity (Wildman–Crippen MR) is 59.9 cm³/mol. The van der Waals surface area contributed by atoms with Gasteiger partial charge >= 0.3 is 57.4 Å². The third-order valence-corrected chi connectivity index (χ3v) is 2.13. The Bertz CT molecular complexity index is 517. The molecule has 0 radical (unpaired) electrons. The van der Waals surface area contributed by atoms with Crippen LogP contribution in [0, 0.1) is 0 Å². The molecule has 0 unspecified atom stereocenters. The van der Waals surface area contributed by atoms with Gasteiger partial charge < -0.3 is 9.72 Å². The molecule has 2 aromatic rings. The molecular weight excluding hydrogens is 262 g/mol. The van der Waals surface area contributed by atoms with Crippen molar-refractivity contribution in [1.29, 1.82) is 0 Å². The molecule has 0 saturated heterocycles. The first-order valence-electron chi connectivity index (χ1n) is 4.10. The van der Waals surface area contributed by atoms with Crippen molar-refractivity contribution in [3.63, 3.8) is 0 Å². The number of carbonyl (C=O) groups excluding carboxylic acids is 1. The van der Waals surface area contributed by atoms with E-state index in [0.29, 0.717) is 16.1 Å². The number of nitrogens with one attached hydrogen (secondary N) is 1. The number of fused-ring (bicyclic) bond motifs is 1. The van der Waals surface area contributed by atoms with Crippen molar-refractivity contribution in [2.24, 2.45) is 0 Å². The number of hydrogen-bond donors (Lipinski definition) is 1. The Morgan fingerprint density at radius 1 is 1.62 bits per heavy atom. The van der Waals surface area contributed by atoms with Crippen molar-refractivity contribution in [1.82, 2.24) is 9.97 Å². The molecule has 0 spiro atoms. The number of rotatable bonds is 2. The molecule has 0 aliphatic carbocycles. The molecule has 0 aliphatic rings. The van der Waals surface area contributed by atoms with Crippen LogP contribution >= 0.6 is 11.6 Å². The fourth-order valence-corrected chi connectivity index (χ4v) is 1.40. The number of pyridine rings is 1. The zero-order valence-corrected chi connectivity index (χ0v) is 8.21. The van der Waals surface area contributed by atoms with Gasteiger partial charge in [0.25, 0.3) is 0 Å². The number of H-pyrrole nitrogens is 1. The number of carbonyl (C=O) groups is 1. The summed E-state index contributed by atoms with van der Waals surface area (Å²) >= 11 is 5.85. The molecule has 0 atom stereocenters. The quantitative estimate of drug-likeness (QED) is 0.662. The van der Waals surface area contributed by atoms with Crippen molar-refractivity contribution in [3.8, 4) is 5.75 Å². The van der Waals surface area contributed by atoms with Crippen LogP contribution in [0.1, 0.15) is 0 Å². The molecule has 0 amide bonds. The third-order valence-electron chi connectivity index (χ3n) is 1.81. The van der Waals surface area contributed by atoms with E-state index in [1.54, 1.807) is 6.07 Å². The molecule has 7 heteroatoms. The van der Waals surface area contributed by atoms with Crippen LogP contribution in [0.25, 0.3) is 11.0 Å². The monoisotopic (exact) mass is 268 g/mol. The summed E-state index contributed by atoms with van der Waals surface area (Å²) in [6.07, 6.45) is 2.89. The summed E-state index contributed by atoms with van der Waals surface area (Å²) in [5.74, 6) is -0.784. The van der Waals surface area contributed by atoms with Crippen LogP contribution in [0.15, 0.2) is 18.5 Å². The number of aromatic nitrogens is 2. The van der Waals surface area contributed by atoms with Gasteiger partial charge in [-0.1, -0.05) is 11.6 Å². The molecule has 0 saturated carbocycles. The Morgan fingerprint density at radius 3 is 3.06 bits per heavy atom. The van der Waals surface area contributed by atoms with Gasteiger partial charge in [-0.15, -0.1) is 0 Å². The number of aromatic amines is 1. The first-order valence-corrected chi connectivity index (χ1v) is 4.48. The topological polar surface area (TPSA) is 55.0 Å². The normalized spacial score (nSPS) is 9.88. The Labute approximate surface area is 138 Å². The molecule has 4 nitrogen and oxygen atoms in total. The van der Waals surface area contributed by atoms with Crippen LogP contribution in [0.4, 0.5) is 4.39 Å². The third kappa shape index (κ3) is 2.82. The van der Waals surface area contributed by atoms with Gasteiger partial charge in [0, 0.05) is 12.4 Å². The number of ether oxygens (including phenoxy) is 1. The van der Waals surface area contributed by atoms with E-state index in [9.17, 15) is 9.18 Å². The second kappa shape index (κ2) is 6.09. The van der Waals surface area contributed by atoms with Gasteiger partial charge in [0.1, 0.15) is 5.52 Å². The first-order chi connectivity index (χ1) is 7.22. The maximum absolute atomic E-state index is 11.9. The molecule has 0 fully saturated rings. The average molecular weight is 269 g/mol. The minimum atomic E-state index is -1.17. The Balaban J connectivity index is 0.00000128. The number of nitrogens with zero attached hydrogens (tertiary/aromatic N) is 1. The molecule has 1 N–H and O–H groups in total. The van der Waals surface area contributed by atoms with Gasteiger partial charge in [0.15, 0.2) is 12.4 Å². The van der Waals surface area contributed by atoms with Crippen LogP contribution in [-0.2, 0) is 4.79 Å². The minimum absolute atomic E-state index is 0. The van der Waals surface area contributed by atoms with Gasteiger partial charge in [-0.25, -0.2) is 9.18 Å². The molecule has 0 aromatic carbocycles. The van der Waals surface area contributed by atoms with Gasteiger partial charge in [0.2, 0.25) is 0 Å². The fraction of sp³-hybridized carbons (Fsp3) is 0.111. The summed E-state index contributed by atoms with van der Waals surface area (Å²) in [5.41, 5.74) is 0.963. The van der Waals surface area contributed by atoms with Gasteiger partial charge in [-0.3, -0.25) is 4.98 Å². The van der Waals surface area contributed by atoms with Crippen LogP contribution in [-0.4, -0.2) is 74.0 Å². The van der Waals surface area contributed by atoms with Crippen molar-refractivity contribution in [2.75, 3.05) is 6.67 Å². The number of halogens is 2. The summed E-state index contributed by atoms with van der Waals surface area (Å²) in [4.78, 5) is 17.5. The van der Waals surface area contributed by atoms with Gasteiger partial charge in [-0.05, 0) is 6.07 Å². The van der Waals surface area contributed by atoms with E-state index in [4.69, 9.17) is 16.3 Å². The van der Waals surface area contributed by atoms with Crippen molar-refractivity contribution >= 4 is 80.0 Å². The number of alkyl halides is 1. The number of hydrogen-bond acceptors (Lipinski definition) is 3. The second-order valence-electron chi connectivity index (χ2n) is 2.78. The Hall–Kier alpha value is 0.0164. The van der Waals surface area contributed by atoms with Crippen LogP contribution < -0.4 is 4.74 Å². The van der Waals surface area contributed by atoms with E-state index >= 15 is 0 Å². The predicted octanol–water partition coefficient (Wildman–Crippen LogP) is 1.44. The summed E-state index contributed by atoms with van der Waals surface area (Å²) in [5, 5.41) is 0.461. The van der Waals surface area contributed by atoms with E-state index in [1.807, 2.05) is 0 Å². The zero-order valence-electron chi connectivity index (χ0n) is 7.46. The van der Waals surface area contributed by atoms with Crippen LogP contribution in [0.2, 0.25) is 5.02 Å². The van der Waals surface area contributed by atoms with E-state index in [2.05, 4.69) is 9.97 Å². The van der Waals surface area contributed by atoms with Crippen molar-refractivity contribution in [2.45, 2.75) is 0 Å². The molecule has 0 bridgehead atoms. The van der Waals surface area contributed by atoms with Crippen LogP contribution in [0.3, 0.4) is 0 Å². The van der Waals surface area contributed by atoms with E-state index in [-0.39, 0.29) is 57.1 Å². The van der Waals surface area contributed by atoms with Crippen LogP contribution in [0.5, 0.6) is 5.75 Å². The summed E-state index contributed by atoms with van der Waals surface area (Å²) < 4.78 is 16.6. The zero-order chi connectivity index (χ0) is 10.8. The van der Waals surface area contributed by atoms with Gasteiger partial charge in [0.05, 0.1) is 10.5 Å². The van der Waals surface area contributed by atoms with E-state index in [1.165, 1.54) is 12.4 Å². The molecule has 16 heavy (non-hydrogen) atoms. The van der Waals surface area contributed by atoms with Gasteiger partial charge in [-0.2, -0.15) is 0 Å². The molecular formula is C9H7ClFKN2O2. The SMILES string of the molecule is O=C(CF)Oc1c[nH]c2c(Cl)ccnc12.[KH]. The van der Waals surface area contributed by atoms with Crippen molar-refractivity contribution < 1.29 is 13.9 Å². The maximum atomic E-state index is 11.9. The summed E-state index contributed by atoms with van der Waals surface area (Å²) in [6, 6.07) is 1.60. The Morgan fingerprint density at radius 2 is 2.38 bits per heavy atom. The molecule has 0 aliphatic heterocycles. The Kier molecular flexibility index (Phi) is 5.36. The van der Waals surface area contributed by atoms with Crippen molar-refractivity contribution in [3.05, 3.63) is 23.5 Å². The second-order valence-corrected chi connectivity index (χ2v) is 3.18. The molecule has 2 heterocycles. The van der Waals surface area contributed by atoms with E-state index in [0.717, 1.165) is 0 Å². The van der Waals surface area contributed by atoms with E-state index < -0.39 is 12.6 Å². The molecule has 80 valence electrons. The summed E-state index contributed by atoms with van der Waals surface area (Å²) in [7, 11) is 0. The standard InChI is InChI=1S/C9H6ClFN2O2.K.H/c10-5-1-2-12-9-6(4-13-8(5)9)15-7(14)3-11;;/h1-2,4,13H,3H2;;. The fourth-order valence-electron chi connectivity index (χ4n) is 1.20. The average Bonchev–Trinajstić information content (AvgIpc) is 2.63. The molecule has 2 rings (SSSR count). The number of esters is 1. The first kappa shape index (κ1) is 14.1. The summed E-state index contributed by atoms with van der Waals surface area (Å²) in [6.45, 7) is -1.17.